The van der Waals surface area contributed by atoms with Crippen LogP contribution in [0.4, 0.5) is 0 Å². The lowest BCUT2D eigenvalue weighted by molar-refractivity contribution is 0.0767. The van der Waals surface area contributed by atoms with Gasteiger partial charge in [-0.3, -0.25) is 0 Å². The molecular formula is C28H40Br2N6O2Si2. The number of aromatic nitrogens is 6. The highest BCUT2D eigenvalue weighted by atomic mass is 79.9. The van der Waals surface area contributed by atoms with E-state index in [9.17, 15) is 0 Å². The summed E-state index contributed by atoms with van der Waals surface area (Å²) in [5, 5.41) is 8.79. The summed E-state index contributed by atoms with van der Waals surface area (Å²) in [5.74, 6) is 1.54. The minimum atomic E-state index is -1.05. The maximum absolute atomic E-state index is 5.75. The first-order valence-electron chi connectivity index (χ1n) is 13.4. The first-order valence-corrected chi connectivity index (χ1v) is 22.4. The molecule has 0 bridgehead atoms. The largest absolute Gasteiger partial charge is 0.359 e. The topological polar surface area (TPSA) is 79.9 Å². The Hall–Kier alpha value is -1.97. The van der Waals surface area contributed by atoms with Gasteiger partial charge >= 0.3 is 0 Å². The summed E-state index contributed by atoms with van der Waals surface area (Å²) in [5.41, 5.74) is 2.05. The molecule has 0 saturated heterocycles. The van der Waals surface area contributed by atoms with Crippen molar-refractivity contribution in [3.05, 3.63) is 70.1 Å². The zero-order valence-electron chi connectivity index (χ0n) is 24.3. The fourth-order valence-electron chi connectivity index (χ4n) is 3.38. The average Bonchev–Trinajstić information content (AvgIpc) is 3.46. The van der Waals surface area contributed by atoms with Crippen molar-refractivity contribution in [1.29, 1.82) is 0 Å². The SMILES string of the molecule is C[Si](C)(C)CCOCn1nc(-c2ccccc2)nc1Br.C[Si](C)(C)CCOCn1nc(Br)nc1-c1ccccc1. The van der Waals surface area contributed by atoms with E-state index < -0.39 is 16.1 Å². The molecule has 12 heteroatoms. The lowest BCUT2D eigenvalue weighted by atomic mass is 10.2. The predicted molar refractivity (Wildman–Crippen MR) is 175 cm³/mol. The fourth-order valence-corrected chi connectivity index (χ4v) is 5.60. The van der Waals surface area contributed by atoms with E-state index in [1.54, 1.807) is 9.36 Å². The Morgan fingerprint density at radius 1 is 0.650 bits per heavy atom. The van der Waals surface area contributed by atoms with Gasteiger partial charge in [0.2, 0.25) is 4.73 Å². The van der Waals surface area contributed by atoms with E-state index in [4.69, 9.17) is 9.47 Å². The highest BCUT2D eigenvalue weighted by molar-refractivity contribution is 9.10. The van der Waals surface area contributed by atoms with Gasteiger partial charge in [0, 0.05) is 40.5 Å². The van der Waals surface area contributed by atoms with Crippen LogP contribution in [-0.2, 0) is 22.9 Å². The molecule has 8 nitrogen and oxygen atoms in total. The molecule has 0 aliphatic rings. The molecular weight excluding hydrogens is 668 g/mol. The second-order valence-corrected chi connectivity index (χ2v) is 24.5. The number of halogens is 2. The molecule has 2 aromatic carbocycles. The van der Waals surface area contributed by atoms with Crippen molar-refractivity contribution >= 4 is 48.0 Å². The first kappa shape index (κ1) is 32.5. The number of ether oxygens (including phenoxy) is 2. The Balaban J connectivity index is 0.000000220. The third kappa shape index (κ3) is 11.5. The van der Waals surface area contributed by atoms with E-state index in [-0.39, 0.29) is 0 Å². The van der Waals surface area contributed by atoms with Crippen molar-refractivity contribution in [2.45, 2.75) is 64.8 Å². The van der Waals surface area contributed by atoms with Gasteiger partial charge in [-0.1, -0.05) is 99.9 Å². The highest BCUT2D eigenvalue weighted by Gasteiger charge is 2.15. The third-order valence-corrected chi connectivity index (χ3v) is 10.1. The maximum Gasteiger partial charge on any atom is 0.217 e. The Kier molecular flexibility index (Phi) is 12.5. The normalized spacial score (nSPS) is 11.8. The Bertz CT molecular complexity index is 1310. The number of hydrogen-bond donors (Lipinski definition) is 0. The fraction of sp³-hybridized carbons (Fsp3) is 0.429. The summed E-state index contributed by atoms with van der Waals surface area (Å²) < 4.78 is 16.3. The molecule has 0 saturated carbocycles. The summed E-state index contributed by atoms with van der Waals surface area (Å²) in [6.45, 7) is 16.5. The molecule has 0 aliphatic heterocycles. The molecule has 0 atom stereocenters. The van der Waals surface area contributed by atoms with Crippen LogP contribution in [0.3, 0.4) is 0 Å². The quantitative estimate of drug-likeness (QED) is 0.110. The molecule has 0 unspecified atom stereocenters. The Labute approximate surface area is 256 Å². The van der Waals surface area contributed by atoms with Gasteiger partial charge in [-0.05, 0) is 43.9 Å². The number of nitrogens with zero attached hydrogens (tertiary/aromatic N) is 6. The summed E-state index contributed by atoms with van der Waals surface area (Å²) in [6, 6.07) is 22.3. The second kappa shape index (κ2) is 15.3. The molecule has 0 amide bonds. The van der Waals surface area contributed by atoms with Crippen LogP contribution in [0, 0.1) is 0 Å². The molecule has 0 spiro atoms. The lowest BCUT2D eigenvalue weighted by Gasteiger charge is -2.15. The van der Waals surface area contributed by atoms with E-state index in [0.29, 0.717) is 28.8 Å². The van der Waals surface area contributed by atoms with Gasteiger partial charge < -0.3 is 9.47 Å². The summed E-state index contributed by atoms with van der Waals surface area (Å²) >= 11 is 6.75. The van der Waals surface area contributed by atoms with Crippen LogP contribution < -0.4 is 0 Å². The molecule has 216 valence electrons. The summed E-state index contributed by atoms with van der Waals surface area (Å²) in [4.78, 5) is 8.81. The van der Waals surface area contributed by atoms with Crippen molar-refractivity contribution in [3.63, 3.8) is 0 Å². The van der Waals surface area contributed by atoms with E-state index in [1.165, 1.54) is 0 Å². The van der Waals surface area contributed by atoms with Crippen LogP contribution in [0.15, 0.2) is 70.1 Å². The van der Waals surface area contributed by atoms with Crippen molar-refractivity contribution < 1.29 is 9.47 Å². The molecule has 0 aliphatic carbocycles. The van der Waals surface area contributed by atoms with Crippen molar-refractivity contribution in [1.82, 2.24) is 29.5 Å². The lowest BCUT2D eigenvalue weighted by Crippen LogP contribution is -2.22. The highest BCUT2D eigenvalue weighted by Crippen LogP contribution is 2.20. The van der Waals surface area contributed by atoms with Crippen LogP contribution in [0.5, 0.6) is 0 Å². The first-order chi connectivity index (χ1) is 18.9. The standard InChI is InChI=1S/2C14H20BrN3OSi/c1-20(2,3)10-9-19-11-18-13(16-14(15)17-18)12-7-5-4-6-8-12;1-20(2,3)10-9-19-11-18-14(15)16-13(17-18)12-7-5-4-6-8-12/h2*4-8H,9-11H2,1-3H3. The number of hydrogen-bond acceptors (Lipinski definition) is 6. The summed E-state index contributed by atoms with van der Waals surface area (Å²) in [7, 11) is -2.09. The molecule has 2 aromatic heterocycles. The minimum Gasteiger partial charge on any atom is -0.359 e. The van der Waals surface area contributed by atoms with Crippen molar-refractivity contribution in [3.8, 4) is 22.8 Å². The van der Waals surface area contributed by atoms with Crippen LogP contribution in [0.1, 0.15) is 0 Å². The third-order valence-electron chi connectivity index (χ3n) is 5.76. The van der Waals surface area contributed by atoms with Crippen LogP contribution in [0.2, 0.25) is 51.4 Å². The molecule has 4 aromatic rings. The van der Waals surface area contributed by atoms with Gasteiger partial charge in [0.25, 0.3) is 0 Å². The molecule has 40 heavy (non-hydrogen) atoms. The van der Waals surface area contributed by atoms with Crippen molar-refractivity contribution in [2.24, 2.45) is 0 Å². The summed E-state index contributed by atoms with van der Waals surface area (Å²) in [6.07, 6.45) is 0. The van der Waals surface area contributed by atoms with Crippen LogP contribution >= 0.6 is 31.9 Å². The Morgan fingerprint density at radius 3 is 1.68 bits per heavy atom. The monoisotopic (exact) mass is 706 g/mol. The zero-order chi connectivity index (χ0) is 29.2. The van der Waals surface area contributed by atoms with Gasteiger partial charge in [0.15, 0.2) is 16.4 Å². The molecule has 0 fully saturated rings. The van der Waals surface area contributed by atoms with Gasteiger partial charge in [-0.25, -0.2) is 19.3 Å². The van der Waals surface area contributed by atoms with Gasteiger partial charge in [-0.15, -0.1) is 10.2 Å². The van der Waals surface area contributed by atoms with Crippen molar-refractivity contribution in [2.75, 3.05) is 13.2 Å². The predicted octanol–water partition coefficient (Wildman–Crippen LogP) is 8.04. The molecule has 0 N–H and O–H groups in total. The minimum absolute atomic E-state index is 0.435. The van der Waals surface area contributed by atoms with E-state index >= 15 is 0 Å². The number of benzene rings is 2. The molecule has 2 heterocycles. The smallest absolute Gasteiger partial charge is 0.217 e. The maximum atomic E-state index is 5.75. The Morgan fingerprint density at radius 2 is 1.15 bits per heavy atom. The van der Waals surface area contributed by atoms with Gasteiger partial charge in [0.1, 0.15) is 13.5 Å². The zero-order valence-corrected chi connectivity index (χ0v) is 29.4. The van der Waals surface area contributed by atoms with Crippen LogP contribution in [-0.4, -0.2) is 58.9 Å². The molecule has 0 radical (unpaired) electrons. The van der Waals surface area contributed by atoms with Gasteiger partial charge in [0.05, 0.1) is 0 Å². The van der Waals surface area contributed by atoms with Crippen LogP contribution in [0.25, 0.3) is 22.8 Å². The van der Waals surface area contributed by atoms with E-state index in [0.717, 1.165) is 42.3 Å². The van der Waals surface area contributed by atoms with E-state index in [2.05, 4.69) is 91.3 Å². The van der Waals surface area contributed by atoms with Gasteiger partial charge in [-0.2, -0.15) is 0 Å². The van der Waals surface area contributed by atoms with E-state index in [1.807, 2.05) is 60.7 Å². The second-order valence-electron chi connectivity index (χ2n) is 11.8. The number of rotatable bonds is 12. The molecule has 4 rings (SSSR count). The average molecular weight is 709 g/mol.